The maximum atomic E-state index is 12.7. The number of nitrogens with zero attached hydrogens (tertiary/aromatic N) is 1. The monoisotopic (exact) mass is 422 g/mol. The highest BCUT2D eigenvalue weighted by molar-refractivity contribution is 7.89. The van der Waals surface area contributed by atoms with Crippen LogP contribution in [-0.4, -0.2) is 20.9 Å². The van der Waals surface area contributed by atoms with Crippen molar-refractivity contribution in [2.45, 2.75) is 24.3 Å². The van der Waals surface area contributed by atoms with Crippen molar-refractivity contribution >= 4 is 27.7 Å². The van der Waals surface area contributed by atoms with E-state index < -0.39 is 10.0 Å². The summed E-state index contributed by atoms with van der Waals surface area (Å²) in [6.07, 6.45) is 6.64. The van der Waals surface area contributed by atoms with Crippen LogP contribution in [0.4, 0.5) is 5.69 Å². The lowest BCUT2D eigenvalue weighted by molar-refractivity contribution is -0.114. The zero-order valence-corrected chi connectivity index (χ0v) is 17.1. The normalized spacial score (nSPS) is 14.1. The maximum absolute atomic E-state index is 12.7. The van der Waals surface area contributed by atoms with Crippen LogP contribution in [0.25, 0.3) is 6.08 Å². The Bertz CT molecular complexity index is 1150. The van der Waals surface area contributed by atoms with Crippen LogP contribution in [0, 0.1) is 0 Å². The predicted molar refractivity (Wildman–Crippen MR) is 115 cm³/mol. The second-order valence-electron chi connectivity index (χ2n) is 7.03. The summed E-state index contributed by atoms with van der Waals surface area (Å²) in [5.74, 6) is 0.454. The quantitative estimate of drug-likeness (QED) is 0.614. The minimum atomic E-state index is -3.64. The Morgan fingerprint density at radius 2 is 1.87 bits per heavy atom. The number of amides is 1. The number of benzene rings is 2. The van der Waals surface area contributed by atoms with Gasteiger partial charge >= 0.3 is 0 Å². The van der Waals surface area contributed by atoms with Crippen molar-refractivity contribution in [1.82, 2.24) is 4.72 Å². The van der Waals surface area contributed by atoms with Crippen molar-refractivity contribution in [2.24, 2.45) is 0 Å². The Morgan fingerprint density at radius 1 is 1.07 bits per heavy atom. The first-order valence-corrected chi connectivity index (χ1v) is 11.2. The second kappa shape index (κ2) is 8.69. The van der Waals surface area contributed by atoms with E-state index in [0.29, 0.717) is 12.3 Å². The van der Waals surface area contributed by atoms with Gasteiger partial charge in [0, 0.05) is 18.3 Å². The van der Waals surface area contributed by atoms with Gasteiger partial charge in [0.05, 0.1) is 17.7 Å². The molecule has 2 heterocycles. The first kappa shape index (κ1) is 20.1. The molecule has 1 aliphatic heterocycles. The van der Waals surface area contributed by atoms with Crippen molar-refractivity contribution in [2.75, 3.05) is 11.4 Å². The number of aryl methyl sites for hydroxylation is 1. The number of fused-ring (bicyclic) bond motifs is 1. The molecule has 1 aliphatic rings. The lowest BCUT2D eigenvalue weighted by Crippen LogP contribution is -2.34. The highest BCUT2D eigenvalue weighted by atomic mass is 32.2. The first-order valence-electron chi connectivity index (χ1n) is 9.72. The molecule has 4 rings (SSSR count). The molecule has 0 fully saturated rings. The molecule has 1 N–H and O–H groups in total. The van der Waals surface area contributed by atoms with E-state index in [4.69, 9.17) is 4.42 Å². The summed E-state index contributed by atoms with van der Waals surface area (Å²) in [6.45, 7) is 0.779. The van der Waals surface area contributed by atoms with Crippen LogP contribution in [0.2, 0.25) is 0 Å². The number of anilines is 1. The third kappa shape index (κ3) is 4.53. The Morgan fingerprint density at radius 3 is 2.63 bits per heavy atom. The molecule has 0 atom stereocenters. The number of sulfonamides is 1. The van der Waals surface area contributed by atoms with Crippen LogP contribution < -0.4 is 9.62 Å². The summed E-state index contributed by atoms with van der Waals surface area (Å²) in [4.78, 5) is 14.6. The average molecular weight is 423 g/mol. The molecule has 7 heteroatoms. The van der Waals surface area contributed by atoms with Gasteiger partial charge in [-0.15, -0.1) is 0 Å². The second-order valence-corrected chi connectivity index (χ2v) is 8.80. The van der Waals surface area contributed by atoms with Gasteiger partial charge in [-0.2, -0.15) is 0 Å². The summed E-state index contributed by atoms with van der Waals surface area (Å²) in [5, 5.41) is 0. The third-order valence-electron chi connectivity index (χ3n) is 5.00. The minimum absolute atomic E-state index is 0.0843. The molecule has 0 aliphatic carbocycles. The van der Waals surface area contributed by atoms with Crippen LogP contribution in [-0.2, 0) is 27.8 Å². The van der Waals surface area contributed by atoms with Gasteiger partial charge in [0.2, 0.25) is 10.0 Å². The molecule has 2 aromatic carbocycles. The first-order chi connectivity index (χ1) is 14.5. The van der Waals surface area contributed by atoms with Gasteiger partial charge in [0.15, 0.2) is 0 Å². The van der Waals surface area contributed by atoms with Crippen molar-refractivity contribution in [3.05, 3.63) is 89.9 Å². The molecule has 1 amide bonds. The number of carbonyl (C=O) groups excluding carboxylic acids is 1. The molecule has 0 unspecified atom stereocenters. The molecular formula is C23H22N2O4S. The van der Waals surface area contributed by atoms with Crippen LogP contribution in [0.15, 0.2) is 82.3 Å². The summed E-state index contributed by atoms with van der Waals surface area (Å²) < 4.78 is 32.4. The van der Waals surface area contributed by atoms with E-state index in [-0.39, 0.29) is 17.3 Å². The van der Waals surface area contributed by atoms with Gasteiger partial charge in [-0.3, -0.25) is 4.79 Å². The molecule has 1 aromatic heterocycles. The topological polar surface area (TPSA) is 79.6 Å². The van der Waals surface area contributed by atoms with Crippen LogP contribution in [0.5, 0.6) is 0 Å². The summed E-state index contributed by atoms with van der Waals surface area (Å²) in [5.41, 5.74) is 2.89. The maximum Gasteiger partial charge on any atom is 0.250 e. The summed E-state index contributed by atoms with van der Waals surface area (Å²) in [6, 6.07) is 17.7. The van der Waals surface area contributed by atoms with E-state index in [1.807, 2.05) is 18.2 Å². The summed E-state index contributed by atoms with van der Waals surface area (Å²) in [7, 11) is -3.64. The average Bonchev–Trinajstić information content (AvgIpc) is 3.30. The van der Waals surface area contributed by atoms with Crippen LogP contribution in [0.3, 0.4) is 0 Å². The highest BCUT2D eigenvalue weighted by Crippen LogP contribution is 2.27. The van der Waals surface area contributed by atoms with E-state index in [2.05, 4.69) is 10.8 Å². The number of carbonyl (C=O) groups is 1. The summed E-state index contributed by atoms with van der Waals surface area (Å²) >= 11 is 0. The fraction of sp³-hybridized carbons (Fsp3) is 0.174. The van der Waals surface area contributed by atoms with Gasteiger partial charge in [0.1, 0.15) is 5.76 Å². The number of furan rings is 1. The molecule has 0 saturated carbocycles. The molecule has 0 saturated heterocycles. The van der Waals surface area contributed by atoms with Gasteiger partial charge in [-0.05, 0) is 60.4 Å². The van der Waals surface area contributed by atoms with Crippen LogP contribution >= 0.6 is 0 Å². The Balaban J connectivity index is 1.42. The van der Waals surface area contributed by atoms with Crippen LogP contribution in [0.1, 0.15) is 23.3 Å². The molecule has 0 radical (unpaired) electrons. The van der Waals surface area contributed by atoms with Crippen molar-refractivity contribution in [3.63, 3.8) is 0 Å². The fourth-order valence-electron chi connectivity index (χ4n) is 3.44. The molecule has 0 bridgehead atoms. The molecule has 3 aromatic rings. The Kier molecular flexibility index (Phi) is 5.83. The van der Waals surface area contributed by atoms with E-state index >= 15 is 0 Å². The van der Waals surface area contributed by atoms with Gasteiger partial charge in [-0.1, -0.05) is 30.3 Å². The number of nitrogens with one attached hydrogen (secondary N) is 1. The predicted octanol–water partition coefficient (Wildman–Crippen LogP) is 3.75. The third-order valence-corrected chi connectivity index (χ3v) is 6.42. The number of hydrogen-bond acceptors (Lipinski definition) is 4. The molecule has 30 heavy (non-hydrogen) atoms. The highest BCUT2D eigenvalue weighted by Gasteiger charge is 2.20. The molecule has 0 spiro atoms. The van der Waals surface area contributed by atoms with E-state index in [1.165, 1.54) is 30.0 Å². The van der Waals surface area contributed by atoms with E-state index in [9.17, 15) is 13.2 Å². The molecule has 154 valence electrons. The van der Waals surface area contributed by atoms with E-state index in [1.54, 1.807) is 35.2 Å². The van der Waals surface area contributed by atoms with Crippen molar-refractivity contribution in [1.29, 1.82) is 0 Å². The lowest BCUT2D eigenvalue weighted by atomic mass is 10.0. The molecule has 6 nitrogen and oxygen atoms in total. The Hall–Kier alpha value is -3.16. The smallest absolute Gasteiger partial charge is 0.250 e. The van der Waals surface area contributed by atoms with Crippen molar-refractivity contribution < 1.29 is 17.6 Å². The number of para-hydroxylation sites is 1. The fourth-order valence-corrected chi connectivity index (χ4v) is 4.43. The minimum Gasteiger partial charge on any atom is -0.468 e. The largest absolute Gasteiger partial charge is 0.468 e. The molecular weight excluding hydrogens is 400 g/mol. The SMILES string of the molecule is O=C(/C=C/c1ccc(S(=O)(=O)NCc2ccco2)cc1)N1CCCc2ccccc21. The van der Waals surface area contributed by atoms with Gasteiger partial charge in [-0.25, -0.2) is 13.1 Å². The number of hydrogen-bond donors (Lipinski definition) is 1. The zero-order valence-electron chi connectivity index (χ0n) is 16.3. The van der Waals surface area contributed by atoms with Gasteiger partial charge in [0.25, 0.3) is 5.91 Å². The van der Waals surface area contributed by atoms with Gasteiger partial charge < -0.3 is 9.32 Å². The standard InChI is InChI=1S/C23H22N2O4S/c26-23(25-15-3-6-19-5-1-2-8-22(19)25)14-11-18-9-12-21(13-10-18)30(27,28)24-17-20-7-4-16-29-20/h1-2,4-5,7-14,16,24H,3,6,15,17H2/b14-11+. The van der Waals surface area contributed by atoms with E-state index in [0.717, 1.165) is 24.1 Å². The lowest BCUT2D eigenvalue weighted by Gasteiger charge is -2.28. The number of rotatable bonds is 6. The zero-order chi connectivity index (χ0) is 21.0. The Labute approximate surface area is 175 Å². The van der Waals surface area contributed by atoms with Crippen molar-refractivity contribution in [3.8, 4) is 0 Å².